The zero-order valence-electron chi connectivity index (χ0n) is 19.0. The van der Waals surface area contributed by atoms with Crippen molar-refractivity contribution in [3.05, 3.63) is 67.0 Å². The molecule has 0 aliphatic rings. The van der Waals surface area contributed by atoms with Crippen molar-refractivity contribution in [2.45, 2.75) is 38.6 Å². The summed E-state index contributed by atoms with van der Waals surface area (Å²) in [5.74, 6) is 0.896. The molecule has 3 aromatic rings. The molecule has 2 aromatic heterocycles. The lowest BCUT2D eigenvalue weighted by Crippen LogP contribution is -2.13. The number of fused-ring (bicyclic) bond motifs is 1. The molecule has 1 unspecified atom stereocenters. The van der Waals surface area contributed by atoms with Gasteiger partial charge in [-0.2, -0.15) is 5.10 Å². The number of benzene rings is 1. The Morgan fingerprint density at radius 3 is 2.77 bits per heavy atom. The summed E-state index contributed by atoms with van der Waals surface area (Å²) < 4.78 is 2.40. The number of aryl methyl sites for hydroxylation is 1. The second-order valence-electron chi connectivity index (χ2n) is 8.13. The topological polar surface area (TPSA) is 58.9 Å². The molecule has 0 saturated carbocycles. The Hall–Kier alpha value is -2.99. The lowest BCUT2D eigenvalue weighted by molar-refractivity contribution is 0.447. The number of allylic oxidation sites excluding steroid dienone is 1. The Bertz CT molecular complexity index is 990. The van der Waals surface area contributed by atoms with Gasteiger partial charge in [-0.05, 0) is 76.7 Å². The van der Waals surface area contributed by atoms with Crippen molar-refractivity contribution < 1.29 is 0 Å². The van der Waals surface area contributed by atoms with Crippen LogP contribution in [0, 0.1) is 6.92 Å². The molecular weight excluding hydrogens is 384 g/mol. The highest BCUT2D eigenvalue weighted by atomic mass is 15.2. The Morgan fingerprint density at radius 1 is 1.16 bits per heavy atom. The molecule has 1 aromatic carbocycles. The van der Waals surface area contributed by atoms with Crippen LogP contribution in [0.15, 0.2) is 61.5 Å². The van der Waals surface area contributed by atoms with Crippen molar-refractivity contribution in [3.63, 3.8) is 0 Å². The number of nitrogens with zero attached hydrogens (tertiary/aromatic N) is 5. The first-order valence-electron chi connectivity index (χ1n) is 11.0. The quantitative estimate of drug-likeness (QED) is 0.340. The molecule has 0 aliphatic heterocycles. The fourth-order valence-corrected chi connectivity index (χ4v) is 3.88. The van der Waals surface area contributed by atoms with E-state index in [1.54, 1.807) is 12.4 Å². The van der Waals surface area contributed by atoms with Gasteiger partial charge in [0, 0.05) is 25.3 Å². The molecule has 31 heavy (non-hydrogen) atoms. The largest absolute Gasteiger partial charge is 0.391 e. The van der Waals surface area contributed by atoms with Gasteiger partial charge in [0.2, 0.25) is 0 Å². The fourth-order valence-electron chi connectivity index (χ4n) is 3.88. The van der Waals surface area contributed by atoms with E-state index in [2.05, 4.69) is 82.9 Å². The van der Waals surface area contributed by atoms with Crippen LogP contribution in [0.5, 0.6) is 0 Å². The number of nitrogens with one attached hydrogen (secondary N) is 1. The predicted octanol–water partition coefficient (Wildman–Crippen LogP) is 4.75. The summed E-state index contributed by atoms with van der Waals surface area (Å²) in [5.41, 5.74) is 4.25. The van der Waals surface area contributed by atoms with Crippen LogP contribution in [0.1, 0.15) is 37.3 Å². The van der Waals surface area contributed by atoms with E-state index in [1.807, 2.05) is 12.1 Å². The summed E-state index contributed by atoms with van der Waals surface area (Å²) in [6.45, 7) is 7.79. The number of para-hydroxylation sites is 1. The molecule has 6 heteroatoms. The second-order valence-corrected chi connectivity index (χ2v) is 8.13. The zero-order valence-corrected chi connectivity index (χ0v) is 19.0. The number of imidazole rings is 1. The monoisotopic (exact) mass is 418 g/mol. The van der Waals surface area contributed by atoms with Gasteiger partial charge in [-0.3, -0.25) is 0 Å². The van der Waals surface area contributed by atoms with Gasteiger partial charge in [0.15, 0.2) is 5.82 Å². The molecule has 0 amide bonds. The molecule has 0 radical (unpaired) electrons. The first-order valence-corrected chi connectivity index (χ1v) is 11.0. The minimum atomic E-state index is 0.297. The summed E-state index contributed by atoms with van der Waals surface area (Å²) in [5, 5.41) is 11.7. The van der Waals surface area contributed by atoms with Crippen molar-refractivity contribution in [1.82, 2.24) is 30.0 Å². The molecule has 2 heterocycles. The van der Waals surface area contributed by atoms with Crippen molar-refractivity contribution in [3.8, 4) is 11.5 Å². The standard InChI is InChI=1S/C25H34N6/c1-5-26-17-8-6-13-21(14-7-9-19-30(3)4)31-24-20(2)12-10-15-22(24)28-25(31)23-16-11-18-27-29-23/h5,7,9-12,15-16,18,21,26H,1,6,8,13-14,17,19H2,2-4H3/b9-7+. The van der Waals surface area contributed by atoms with Gasteiger partial charge in [0.1, 0.15) is 5.69 Å². The van der Waals surface area contributed by atoms with Gasteiger partial charge in [0.25, 0.3) is 0 Å². The van der Waals surface area contributed by atoms with Gasteiger partial charge in [-0.15, -0.1) is 5.10 Å². The second kappa shape index (κ2) is 11.4. The smallest absolute Gasteiger partial charge is 0.162 e. The van der Waals surface area contributed by atoms with Crippen LogP contribution in [0.3, 0.4) is 0 Å². The fraction of sp³-hybridized carbons (Fsp3) is 0.400. The minimum absolute atomic E-state index is 0.297. The molecule has 0 aliphatic carbocycles. The highest BCUT2D eigenvalue weighted by Gasteiger charge is 2.21. The Morgan fingerprint density at radius 2 is 2.03 bits per heavy atom. The maximum absolute atomic E-state index is 4.98. The molecule has 1 N–H and O–H groups in total. The highest BCUT2D eigenvalue weighted by molar-refractivity contribution is 5.83. The van der Waals surface area contributed by atoms with Gasteiger partial charge < -0.3 is 14.8 Å². The average molecular weight is 419 g/mol. The SMILES string of the molecule is C=CNCCCCC(C/C=C/CN(C)C)n1c(-c2cccnn2)nc2cccc(C)c21. The van der Waals surface area contributed by atoms with E-state index >= 15 is 0 Å². The summed E-state index contributed by atoms with van der Waals surface area (Å²) in [6, 6.07) is 10.5. The molecule has 6 nitrogen and oxygen atoms in total. The number of hydrogen-bond acceptors (Lipinski definition) is 5. The molecule has 3 rings (SSSR count). The number of likely N-dealkylation sites (N-methyl/N-ethyl adjacent to an activating group) is 1. The van der Waals surface area contributed by atoms with Gasteiger partial charge in [-0.25, -0.2) is 4.98 Å². The number of rotatable bonds is 12. The van der Waals surface area contributed by atoms with Gasteiger partial charge in [-0.1, -0.05) is 30.9 Å². The Balaban J connectivity index is 1.99. The van der Waals surface area contributed by atoms with Crippen LogP contribution in [-0.4, -0.2) is 51.8 Å². The summed E-state index contributed by atoms with van der Waals surface area (Å²) in [6.07, 6.45) is 12.3. The maximum atomic E-state index is 4.98. The number of unbranched alkanes of at least 4 members (excludes halogenated alkanes) is 1. The van der Waals surface area contributed by atoms with E-state index in [-0.39, 0.29) is 0 Å². The lowest BCUT2D eigenvalue weighted by Gasteiger charge is -2.21. The lowest BCUT2D eigenvalue weighted by atomic mass is 10.0. The zero-order chi connectivity index (χ0) is 22.1. The Kier molecular flexibility index (Phi) is 8.35. The summed E-state index contributed by atoms with van der Waals surface area (Å²) in [4.78, 5) is 7.16. The molecule has 0 spiro atoms. The van der Waals surface area contributed by atoms with Crippen LogP contribution < -0.4 is 5.32 Å². The third-order valence-corrected chi connectivity index (χ3v) is 5.38. The highest BCUT2D eigenvalue weighted by Crippen LogP contribution is 2.33. The molecular formula is C25H34N6. The van der Waals surface area contributed by atoms with Crippen LogP contribution in [0.2, 0.25) is 0 Å². The van der Waals surface area contributed by atoms with Crippen LogP contribution in [0.4, 0.5) is 0 Å². The van der Waals surface area contributed by atoms with Gasteiger partial charge in [0.05, 0.1) is 11.0 Å². The molecule has 0 bridgehead atoms. The third kappa shape index (κ3) is 6.01. The first-order chi connectivity index (χ1) is 15.1. The number of hydrogen-bond donors (Lipinski definition) is 1. The van der Waals surface area contributed by atoms with Crippen molar-refractivity contribution in [2.24, 2.45) is 0 Å². The first kappa shape index (κ1) is 22.7. The van der Waals surface area contributed by atoms with E-state index in [1.165, 1.54) is 11.1 Å². The summed E-state index contributed by atoms with van der Waals surface area (Å²) in [7, 11) is 4.18. The van der Waals surface area contributed by atoms with E-state index in [9.17, 15) is 0 Å². The average Bonchev–Trinajstić information content (AvgIpc) is 3.16. The van der Waals surface area contributed by atoms with E-state index in [0.29, 0.717) is 6.04 Å². The molecule has 0 fully saturated rings. The van der Waals surface area contributed by atoms with E-state index < -0.39 is 0 Å². The van der Waals surface area contributed by atoms with Gasteiger partial charge >= 0.3 is 0 Å². The maximum Gasteiger partial charge on any atom is 0.162 e. The molecule has 164 valence electrons. The van der Waals surface area contributed by atoms with Crippen LogP contribution in [0.25, 0.3) is 22.6 Å². The van der Waals surface area contributed by atoms with Crippen LogP contribution in [-0.2, 0) is 0 Å². The third-order valence-electron chi connectivity index (χ3n) is 5.38. The van der Waals surface area contributed by atoms with Crippen molar-refractivity contribution in [2.75, 3.05) is 27.2 Å². The van der Waals surface area contributed by atoms with Crippen molar-refractivity contribution in [1.29, 1.82) is 0 Å². The molecule has 0 saturated heterocycles. The van der Waals surface area contributed by atoms with Crippen LogP contribution >= 0.6 is 0 Å². The van der Waals surface area contributed by atoms with Crippen molar-refractivity contribution >= 4 is 11.0 Å². The summed E-state index contributed by atoms with van der Waals surface area (Å²) >= 11 is 0. The number of aromatic nitrogens is 4. The van der Waals surface area contributed by atoms with E-state index in [0.717, 1.165) is 55.8 Å². The van der Waals surface area contributed by atoms with E-state index in [4.69, 9.17) is 4.98 Å². The normalized spacial score (nSPS) is 12.6. The Labute approximate surface area is 185 Å². The predicted molar refractivity (Wildman–Crippen MR) is 129 cm³/mol. The minimum Gasteiger partial charge on any atom is -0.391 e. The molecule has 1 atom stereocenters.